The number of rotatable bonds is 3. The van der Waals surface area contributed by atoms with Gasteiger partial charge in [-0.15, -0.1) is 0 Å². The fraction of sp³-hybridized carbons (Fsp3) is 0.579. The van der Waals surface area contributed by atoms with E-state index in [-0.39, 0.29) is 11.9 Å². The summed E-state index contributed by atoms with van der Waals surface area (Å²) in [7, 11) is 0. The maximum atomic E-state index is 12.6. The number of piperidine rings is 1. The number of fused-ring (bicyclic) bond motifs is 3. The van der Waals surface area contributed by atoms with E-state index >= 15 is 0 Å². The highest BCUT2D eigenvalue weighted by Crippen LogP contribution is 2.29. The molecule has 3 atom stereocenters. The van der Waals surface area contributed by atoms with E-state index < -0.39 is 0 Å². The Kier molecular flexibility index (Phi) is 3.66. The van der Waals surface area contributed by atoms with Gasteiger partial charge in [0.05, 0.1) is 0 Å². The Hall–Kier alpha value is -2.08. The van der Waals surface area contributed by atoms with Gasteiger partial charge in [-0.1, -0.05) is 0 Å². The van der Waals surface area contributed by atoms with Crippen molar-refractivity contribution in [1.82, 2.24) is 15.2 Å². The van der Waals surface area contributed by atoms with E-state index in [1.807, 2.05) is 6.07 Å². The number of nitrogens with zero attached hydrogens (tertiary/aromatic N) is 3. The number of anilines is 1. The minimum absolute atomic E-state index is 0.0893. The van der Waals surface area contributed by atoms with Crippen LogP contribution in [0.15, 0.2) is 22.7 Å². The molecule has 6 nitrogen and oxygen atoms in total. The molecule has 2 bridgehead atoms. The summed E-state index contributed by atoms with van der Waals surface area (Å²) in [4.78, 5) is 21.7. The molecule has 2 aromatic rings. The van der Waals surface area contributed by atoms with Gasteiger partial charge in [-0.3, -0.25) is 9.78 Å². The lowest BCUT2D eigenvalue weighted by Crippen LogP contribution is -2.47. The first-order valence-corrected chi connectivity index (χ1v) is 9.42. The number of furan rings is 1. The van der Waals surface area contributed by atoms with Crippen molar-refractivity contribution in [3.8, 4) is 0 Å². The molecule has 5 rings (SSSR count). The van der Waals surface area contributed by atoms with E-state index in [1.165, 1.54) is 32.4 Å². The standard InChI is InChI=1S/C19H24N4O2/c24-19(21-15-7-13-3-6-22(11-13)12-15)16-9-17-14(10-20-16)8-18(25-17)23-4-1-2-5-23/h8-10,13,15H,1-7,11-12H2,(H,21,24)/t13-,15-/m1/s1. The average molecular weight is 340 g/mol. The normalized spacial score (nSPS) is 28.6. The Morgan fingerprint density at radius 1 is 1.20 bits per heavy atom. The molecule has 0 radical (unpaired) electrons. The zero-order valence-electron chi connectivity index (χ0n) is 14.4. The molecular formula is C19H24N4O2. The molecule has 1 N–H and O–H groups in total. The molecule has 3 saturated heterocycles. The first kappa shape index (κ1) is 15.2. The first-order chi connectivity index (χ1) is 12.2. The number of nitrogens with one attached hydrogen (secondary N) is 1. The molecule has 1 unspecified atom stereocenters. The van der Waals surface area contributed by atoms with Crippen LogP contribution >= 0.6 is 0 Å². The first-order valence-electron chi connectivity index (χ1n) is 9.42. The van der Waals surface area contributed by atoms with Crippen LogP contribution in [-0.2, 0) is 0 Å². The molecular weight excluding hydrogens is 316 g/mol. The van der Waals surface area contributed by atoms with E-state index in [0.717, 1.165) is 48.8 Å². The van der Waals surface area contributed by atoms with Crippen LogP contribution < -0.4 is 10.2 Å². The van der Waals surface area contributed by atoms with Gasteiger partial charge < -0.3 is 19.5 Å². The Bertz CT molecular complexity index is 784. The minimum Gasteiger partial charge on any atom is -0.440 e. The maximum absolute atomic E-state index is 12.6. The van der Waals surface area contributed by atoms with Gasteiger partial charge in [-0.05, 0) is 38.1 Å². The number of aromatic nitrogens is 1. The number of carbonyl (C=O) groups excluding carboxylic acids is 1. The van der Waals surface area contributed by atoms with Crippen molar-refractivity contribution in [2.24, 2.45) is 5.92 Å². The third-order valence-corrected chi connectivity index (χ3v) is 5.84. The molecule has 3 fully saturated rings. The van der Waals surface area contributed by atoms with Crippen molar-refractivity contribution in [3.63, 3.8) is 0 Å². The summed E-state index contributed by atoms with van der Waals surface area (Å²) in [6, 6.07) is 4.05. The van der Waals surface area contributed by atoms with Gasteiger partial charge in [-0.2, -0.15) is 0 Å². The Balaban J connectivity index is 1.32. The van der Waals surface area contributed by atoms with Gasteiger partial charge in [0.2, 0.25) is 0 Å². The summed E-state index contributed by atoms with van der Waals surface area (Å²) in [5.74, 6) is 1.54. The van der Waals surface area contributed by atoms with E-state index in [9.17, 15) is 4.79 Å². The van der Waals surface area contributed by atoms with Gasteiger partial charge in [-0.25, -0.2) is 0 Å². The zero-order valence-corrected chi connectivity index (χ0v) is 14.4. The largest absolute Gasteiger partial charge is 0.440 e. The van der Waals surface area contributed by atoms with Crippen molar-refractivity contribution in [2.75, 3.05) is 37.6 Å². The van der Waals surface area contributed by atoms with Crippen LogP contribution in [0.3, 0.4) is 0 Å². The Morgan fingerprint density at radius 2 is 2.08 bits per heavy atom. The molecule has 1 amide bonds. The second-order valence-electron chi connectivity index (χ2n) is 7.71. The van der Waals surface area contributed by atoms with E-state index in [1.54, 1.807) is 12.3 Å². The van der Waals surface area contributed by atoms with Gasteiger partial charge in [0.25, 0.3) is 5.91 Å². The zero-order chi connectivity index (χ0) is 16.8. The summed E-state index contributed by atoms with van der Waals surface area (Å²) < 4.78 is 5.97. The Labute approximate surface area is 147 Å². The SMILES string of the molecule is O=C(N[C@@H]1C[C@H]2CCN(C2)C1)c1cc2oc(N3CCCC3)cc2cn1. The fourth-order valence-corrected chi connectivity index (χ4v) is 4.56. The second-order valence-corrected chi connectivity index (χ2v) is 7.71. The van der Waals surface area contributed by atoms with E-state index in [0.29, 0.717) is 5.69 Å². The molecule has 0 aliphatic carbocycles. The molecule has 6 heteroatoms. The molecule has 0 aromatic carbocycles. The lowest BCUT2D eigenvalue weighted by Gasteiger charge is -2.30. The van der Waals surface area contributed by atoms with Gasteiger partial charge >= 0.3 is 0 Å². The summed E-state index contributed by atoms with van der Waals surface area (Å²) in [6.45, 7) is 5.42. The van der Waals surface area contributed by atoms with E-state index in [4.69, 9.17) is 4.42 Å². The fourth-order valence-electron chi connectivity index (χ4n) is 4.56. The monoisotopic (exact) mass is 340 g/mol. The van der Waals surface area contributed by atoms with E-state index in [2.05, 4.69) is 20.1 Å². The summed E-state index contributed by atoms with van der Waals surface area (Å²) in [6.07, 6.45) is 6.53. The van der Waals surface area contributed by atoms with Gasteiger partial charge in [0, 0.05) is 55.9 Å². The molecule has 25 heavy (non-hydrogen) atoms. The Morgan fingerprint density at radius 3 is 2.92 bits per heavy atom. The molecule has 5 heterocycles. The highest BCUT2D eigenvalue weighted by atomic mass is 16.4. The van der Waals surface area contributed by atoms with Crippen molar-refractivity contribution < 1.29 is 9.21 Å². The van der Waals surface area contributed by atoms with Crippen LogP contribution in [0.1, 0.15) is 36.2 Å². The smallest absolute Gasteiger partial charge is 0.270 e. The number of amides is 1. The number of carbonyl (C=O) groups is 1. The summed E-state index contributed by atoms with van der Waals surface area (Å²) >= 11 is 0. The van der Waals surface area contributed by atoms with Crippen LogP contribution in [0.4, 0.5) is 5.88 Å². The maximum Gasteiger partial charge on any atom is 0.270 e. The van der Waals surface area contributed by atoms with Crippen molar-refractivity contribution >= 4 is 22.8 Å². The number of hydrogen-bond donors (Lipinski definition) is 1. The number of hydrogen-bond acceptors (Lipinski definition) is 5. The van der Waals surface area contributed by atoms with Crippen LogP contribution in [-0.4, -0.2) is 54.6 Å². The lowest BCUT2D eigenvalue weighted by molar-refractivity contribution is 0.0904. The predicted molar refractivity (Wildman–Crippen MR) is 95.9 cm³/mol. The molecule has 132 valence electrons. The topological polar surface area (TPSA) is 61.6 Å². The van der Waals surface area contributed by atoms with Crippen LogP contribution in [0, 0.1) is 5.92 Å². The quantitative estimate of drug-likeness (QED) is 0.929. The molecule has 0 spiro atoms. The second kappa shape index (κ2) is 6.02. The highest BCUT2D eigenvalue weighted by molar-refractivity contribution is 5.95. The minimum atomic E-state index is -0.0893. The third kappa shape index (κ3) is 2.88. The molecule has 3 aliphatic heterocycles. The van der Waals surface area contributed by atoms with Crippen molar-refractivity contribution in [2.45, 2.75) is 31.7 Å². The van der Waals surface area contributed by atoms with Crippen molar-refractivity contribution in [3.05, 3.63) is 24.0 Å². The van der Waals surface area contributed by atoms with Crippen LogP contribution in [0.25, 0.3) is 11.0 Å². The molecule has 0 saturated carbocycles. The highest BCUT2D eigenvalue weighted by Gasteiger charge is 2.33. The lowest BCUT2D eigenvalue weighted by atomic mass is 9.97. The molecule has 3 aliphatic rings. The average Bonchev–Trinajstić information content (AvgIpc) is 3.33. The number of pyridine rings is 1. The third-order valence-electron chi connectivity index (χ3n) is 5.84. The van der Waals surface area contributed by atoms with Crippen LogP contribution in [0.2, 0.25) is 0 Å². The van der Waals surface area contributed by atoms with Gasteiger partial charge in [0.1, 0.15) is 11.3 Å². The predicted octanol–water partition coefficient (Wildman–Crippen LogP) is 2.25. The van der Waals surface area contributed by atoms with Gasteiger partial charge in [0.15, 0.2) is 5.88 Å². The summed E-state index contributed by atoms with van der Waals surface area (Å²) in [5, 5.41) is 4.13. The summed E-state index contributed by atoms with van der Waals surface area (Å²) in [5.41, 5.74) is 1.19. The van der Waals surface area contributed by atoms with Crippen LogP contribution in [0.5, 0.6) is 0 Å². The molecule has 2 aromatic heterocycles. The van der Waals surface area contributed by atoms with Crippen molar-refractivity contribution in [1.29, 1.82) is 0 Å².